The van der Waals surface area contributed by atoms with Gasteiger partial charge in [-0.15, -0.1) is 0 Å². The SMILES string of the molecule is CNC1(CCO)CC2CCC(C1)N2C. The Morgan fingerprint density at radius 2 is 1.93 bits per heavy atom. The summed E-state index contributed by atoms with van der Waals surface area (Å²) >= 11 is 0. The van der Waals surface area contributed by atoms with E-state index in [2.05, 4.69) is 17.3 Å². The molecule has 2 aliphatic rings. The third-order valence-electron chi connectivity index (χ3n) is 4.36. The molecule has 2 rings (SSSR count). The summed E-state index contributed by atoms with van der Waals surface area (Å²) in [5.41, 5.74) is 0.215. The first-order chi connectivity index (χ1) is 6.71. The summed E-state index contributed by atoms with van der Waals surface area (Å²) in [6.07, 6.45) is 6.00. The van der Waals surface area contributed by atoms with E-state index in [1.807, 2.05) is 7.05 Å². The van der Waals surface area contributed by atoms with E-state index in [1.54, 1.807) is 0 Å². The number of piperidine rings is 1. The second-order valence-electron chi connectivity index (χ2n) is 4.96. The molecule has 2 unspecified atom stereocenters. The second-order valence-corrected chi connectivity index (χ2v) is 4.96. The summed E-state index contributed by atoms with van der Waals surface area (Å²) in [6, 6.07) is 1.49. The Hall–Kier alpha value is -0.120. The average Bonchev–Trinajstić information content (AvgIpc) is 2.42. The van der Waals surface area contributed by atoms with Gasteiger partial charge in [-0.25, -0.2) is 0 Å². The Balaban J connectivity index is 2.09. The zero-order valence-corrected chi connectivity index (χ0v) is 9.29. The van der Waals surface area contributed by atoms with Crippen LogP contribution in [0.15, 0.2) is 0 Å². The lowest BCUT2D eigenvalue weighted by Gasteiger charge is -2.45. The van der Waals surface area contributed by atoms with Crippen molar-refractivity contribution in [2.24, 2.45) is 0 Å². The number of hydrogen-bond acceptors (Lipinski definition) is 3. The highest BCUT2D eigenvalue weighted by Crippen LogP contribution is 2.40. The maximum Gasteiger partial charge on any atom is 0.0448 e. The fraction of sp³-hybridized carbons (Fsp3) is 1.00. The molecule has 2 N–H and O–H groups in total. The zero-order valence-electron chi connectivity index (χ0n) is 9.29. The van der Waals surface area contributed by atoms with Gasteiger partial charge < -0.3 is 15.3 Å². The van der Waals surface area contributed by atoms with Crippen LogP contribution in [0.5, 0.6) is 0 Å². The predicted octanol–water partition coefficient (Wildman–Crippen LogP) is 0.584. The molecule has 0 aliphatic carbocycles. The van der Waals surface area contributed by atoms with Crippen LogP contribution in [-0.2, 0) is 0 Å². The summed E-state index contributed by atoms with van der Waals surface area (Å²) in [7, 11) is 4.29. The monoisotopic (exact) mass is 198 g/mol. The molecule has 82 valence electrons. The van der Waals surface area contributed by atoms with E-state index >= 15 is 0 Å². The minimum atomic E-state index is 0.215. The maximum atomic E-state index is 9.12. The predicted molar refractivity (Wildman–Crippen MR) is 57.3 cm³/mol. The molecule has 2 aliphatic heterocycles. The molecule has 0 aromatic heterocycles. The van der Waals surface area contributed by atoms with E-state index in [0.29, 0.717) is 6.61 Å². The van der Waals surface area contributed by atoms with Gasteiger partial charge in [0.25, 0.3) is 0 Å². The first-order valence-corrected chi connectivity index (χ1v) is 5.72. The van der Waals surface area contributed by atoms with Crippen LogP contribution in [0.3, 0.4) is 0 Å². The molecule has 0 radical (unpaired) electrons. The lowest BCUT2D eigenvalue weighted by Crippen LogP contribution is -2.56. The largest absolute Gasteiger partial charge is 0.396 e. The summed E-state index contributed by atoms with van der Waals surface area (Å²) in [4.78, 5) is 2.53. The van der Waals surface area contributed by atoms with Gasteiger partial charge in [-0.2, -0.15) is 0 Å². The van der Waals surface area contributed by atoms with Crippen molar-refractivity contribution in [1.29, 1.82) is 0 Å². The van der Waals surface area contributed by atoms with Gasteiger partial charge in [-0.05, 0) is 46.2 Å². The van der Waals surface area contributed by atoms with Crippen LogP contribution in [0, 0.1) is 0 Å². The Labute approximate surface area is 86.5 Å². The topological polar surface area (TPSA) is 35.5 Å². The Kier molecular flexibility index (Phi) is 2.82. The summed E-state index contributed by atoms with van der Waals surface area (Å²) in [5, 5.41) is 12.6. The van der Waals surface area contributed by atoms with Crippen molar-refractivity contribution < 1.29 is 5.11 Å². The summed E-state index contributed by atoms with van der Waals surface area (Å²) in [6.45, 7) is 0.310. The molecule has 2 heterocycles. The molecule has 0 spiro atoms. The van der Waals surface area contributed by atoms with Crippen molar-refractivity contribution in [3.63, 3.8) is 0 Å². The fourth-order valence-electron chi connectivity index (χ4n) is 3.31. The second kappa shape index (κ2) is 3.80. The van der Waals surface area contributed by atoms with Crippen LogP contribution in [0.25, 0.3) is 0 Å². The third-order valence-corrected chi connectivity index (χ3v) is 4.36. The fourth-order valence-corrected chi connectivity index (χ4v) is 3.31. The molecular formula is C11H22N2O. The van der Waals surface area contributed by atoms with Gasteiger partial charge in [0.2, 0.25) is 0 Å². The van der Waals surface area contributed by atoms with Crippen molar-refractivity contribution >= 4 is 0 Å². The number of nitrogens with one attached hydrogen (secondary N) is 1. The highest BCUT2D eigenvalue weighted by atomic mass is 16.3. The van der Waals surface area contributed by atoms with Gasteiger partial charge in [0.05, 0.1) is 0 Å². The van der Waals surface area contributed by atoms with Gasteiger partial charge in [-0.1, -0.05) is 0 Å². The standard InChI is InChI=1S/C11H22N2O/c1-12-11(5-6-14)7-9-3-4-10(8-11)13(9)2/h9-10,12,14H,3-8H2,1-2H3. The Morgan fingerprint density at radius 3 is 2.36 bits per heavy atom. The lowest BCUT2D eigenvalue weighted by molar-refractivity contribution is 0.0763. The van der Waals surface area contributed by atoms with Crippen LogP contribution in [0.1, 0.15) is 32.1 Å². The van der Waals surface area contributed by atoms with E-state index in [9.17, 15) is 0 Å². The molecule has 14 heavy (non-hydrogen) atoms. The van der Waals surface area contributed by atoms with Crippen LogP contribution in [0.4, 0.5) is 0 Å². The van der Waals surface area contributed by atoms with Crippen LogP contribution in [0.2, 0.25) is 0 Å². The first kappa shape index (κ1) is 10.4. The molecule has 2 bridgehead atoms. The molecule has 2 fully saturated rings. The minimum absolute atomic E-state index is 0.215. The van der Waals surface area contributed by atoms with E-state index in [0.717, 1.165) is 18.5 Å². The maximum absolute atomic E-state index is 9.12. The number of aliphatic hydroxyl groups excluding tert-OH is 1. The Morgan fingerprint density at radius 1 is 1.36 bits per heavy atom. The van der Waals surface area contributed by atoms with Crippen LogP contribution < -0.4 is 5.32 Å². The number of aliphatic hydroxyl groups is 1. The number of hydrogen-bond donors (Lipinski definition) is 2. The molecule has 0 aromatic carbocycles. The van der Waals surface area contributed by atoms with E-state index in [4.69, 9.17) is 5.11 Å². The Bertz CT molecular complexity index is 193. The van der Waals surface area contributed by atoms with Crippen molar-refractivity contribution in [2.45, 2.75) is 49.7 Å². The molecule has 2 saturated heterocycles. The van der Waals surface area contributed by atoms with E-state index in [1.165, 1.54) is 25.7 Å². The smallest absolute Gasteiger partial charge is 0.0448 e. The highest BCUT2D eigenvalue weighted by Gasteiger charge is 2.45. The normalized spacial score (nSPS) is 43.1. The van der Waals surface area contributed by atoms with E-state index in [-0.39, 0.29) is 5.54 Å². The first-order valence-electron chi connectivity index (χ1n) is 5.72. The van der Waals surface area contributed by atoms with Gasteiger partial charge in [0, 0.05) is 24.2 Å². The van der Waals surface area contributed by atoms with Gasteiger partial charge in [-0.3, -0.25) is 0 Å². The lowest BCUT2D eigenvalue weighted by atomic mass is 9.81. The molecule has 0 aromatic rings. The van der Waals surface area contributed by atoms with Crippen molar-refractivity contribution in [1.82, 2.24) is 10.2 Å². The zero-order chi connectivity index (χ0) is 10.2. The van der Waals surface area contributed by atoms with Crippen molar-refractivity contribution in [3.8, 4) is 0 Å². The molecular weight excluding hydrogens is 176 g/mol. The molecule has 0 saturated carbocycles. The number of fused-ring (bicyclic) bond motifs is 2. The molecule has 3 nitrogen and oxygen atoms in total. The van der Waals surface area contributed by atoms with Crippen LogP contribution >= 0.6 is 0 Å². The van der Waals surface area contributed by atoms with Crippen LogP contribution in [-0.4, -0.2) is 48.3 Å². The average molecular weight is 198 g/mol. The summed E-state index contributed by atoms with van der Waals surface area (Å²) < 4.78 is 0. The highest BCUT2D eigenvalue weighted by molar-refractivity contribution is 5.04. The van der Waals surface area contributed by atoms with Gasteiger partial charge >= 0.3 is 0 Å². The minimum Gasteiger partial charge on any atom is -0.396 e. The number of rotatable bonds is 3. The summed E-state index contributed by atoms with van der Waals surface area (Å²) in [5.74, 6) is 0. The van der Waals surface area contributed by atoms with Gasteiger partial charge in [0.1, 0.15) is 0 Å². The molecule has 0 amide bonds. The van der Waals surface area contributed by atoms with E-state index < -0.39 is 0 Å². The van der Waals surface area contributed by atoms with Crippen molar-refractivity contribution in [3.05, 3.63) is 0 Å². The van der Waals surface area contributed by atoms with Gasteiger partial charge in [0.15, 0.2) is 0 Å². The third kappa shape index (κ3) is 1.58. The molecule has 3 heteroatoms. The quantitative estimate of drug-likeness (QED) is 0.696. The molecule has 2 atom stereocenters. The number of nitrogens with zero attached hydrogens (tertiary/aromatic N) is 1. The van der Waals surface area contributed by atoms with Crippen molar-refractivity contribution in [2.75, 3.05) is 20.7 Å².